The van der Waals surface area contributed by atoms with E-state index in [0.29, 0.717) is 13.2 Å². The highest BCUT2D eigenvalue weighted by atomic mass is 16.6. The Kier molecular flexibility index (Phi) is 4.08. The van der Waals surface area contributed by atoms with E-state index >= 15 is 0 Å². The summed E-state index contributed by atoms with van der Waals surface area (Å²) in [5.41, 5.74) is 0. The third-order valence-electron chi connectivity index (χ3n) is 1.84. The van der Waals surface area contributed by atoms with Gasteiger partial charge < -0.3 is 9.47 Å². The zero-order chi connectivity index (χ0) is 8.81. The number of unbranched alkanes of at least 4 members (excludes halogenated alkanes) is 3. The summed E-state index contributed by atoms with van der Waals surface area (Å²) in [7, 11) is 0. The van der Waals surface area contributed by atoms with E-state index in [1.165, 1.54) is 12.8 Å². The molecule has 1 rings (SSSR count). The fraction of sp³-hybridized carbons (Fsp3) is 0.889. The molecule has 12 heavy (non-hydrogen) atoms. The molecule has 0 aromatic heterocycles. The van der Waals surface area contributed by atoms with Crippen molar-refractivity contribution < 1.29 is 14.3 Å². The van der Waals surface area contributed by atoms with Crippen molar-refractivity contribution in [3.63, 3.8) is 0 Å². The van der Waals surface area contributed by atoms with Crippen molar-refractivity contribution in [3.8, 4) is 0 Å². The molecule has 0 aliphatic carbocycles. The molecule has 0 bridgehead atoms. The normalized spacial score (nSPS) is 20.6. The van der Waals surface area contributed by atoms with Gasteiger partial charge in [-0.15, -0.1) is 0 Å². The standard InChI is InChI=1S/C9H16O3/c1-2-3-4-5-6-11-9(10)8-7-12-8/h8H,2-7H2,1H3. The highest BCUT2D eigenvalue weighted by Crippen LogP contribution is 2.10. The van der Waals surface area contributed by atoms with Crippen LogP contribution < -0.4 is 0 Å². The molecule has 1 aliphatic heterocycles. The van der Waals surface area contributed by atoms with Crippen LogP contribution in [0.3, 0.4) is 0 Å². The van der Waals surface area contributed by atoms with E-state index in [-0.39, 0.29) is 12.1 Å². The molecule has 3 nitrogen and oxygen atoms in total. The summed E-state index contributed by atoms with van der Waals surface area (Å²) in [4.78, 5) is 10.9. The third kappa shape index (κ3) is 3.72. The van der Waals surface area contributed by atoms with Crippen LogP contribution in [0.4, 0.5) is 0 Å². The Morgan fingerprint density at radius 2 is 2.25 bits per heavy atom. The van der Waals surface area contributed by atoms with E-state index in [1.54, 1.807) is 0 Å². The van der Waals surface area contributed by atoms with Crippen LogP contribution in [-0.4, -0.2) is 25.3 Å². The predicted molar refractivity (Wildman–Crippen MR) is 44.8 cm³/mol. The van der Waals surface area contributed by atoms with Gasteiger partial charge in [0.25, 0.3) is 0 Å². The summed E-state index contributed by atoms with van der Waals surface area (Å²) < 4.78 is 9.72. The molecular formula is C9H16O3. The lowest BCUT2D eigenvalue weighted by molar-refractivity contribution is -0.145. The van der Waals surface area contributed by atoms with Crippen LogP contribution in [0, 0.1) is 0 Å². The average molecular weight is 172 g/mol. The Balaban J connectivity index is 1.84. The summed E-state index contributed by atoms with van der Waals surface area (Å²) in [6.07, 6.45) is 4.31. The molecular weight excluding hydrogens is 156 g/mol. The number of carbonyl (C=O) groups is 1. The van der Waals surface area contributed by atoms with Crippen molar-refractivity contribution in [2.24, 2.45) is 0 Å². The highest BCUT2D eigenvalue weighted by Gasteiger charge is 2.32. The third-order valence-corrected chi connectivity index (χ3v) is 1.84. The fourth-order valence-corrected chi connectivity index (χ4v) is 0.979. The lowest BCUT2D eigenvalue weighted by atomic mass is 10.2. The van der Waals surface area contributed by atoms with Crippen LogP contribution in [0.25, 0.3) is 0 Å². The van der Waals surface area contributed by atoms with Gasteiger partial charge in [0, 0.05) is 0 Å². The van der Waals surface area contributed by atoms with Crippen molar-refractivity contribution in [1.82, 2.24) is 0 Å². The zero-order valence-corrected chi connectivity index (χ0v) is 7.54. The van der Waals surface area contributed by atoms with Crippen molar-refractivity contribution in [2.75, 3.05) is 13.2 Å². The summed E-state index contributed by atoms with van der Waals surface area (Å²) in [5, 5.41) is 0. The van der Waals surface area contributed by atoms with Crippen molar-refractivity contribution >= 4 is 5.97 Å². The Morgan fingerprint density at radius 3 is 2.83 bits per heavy atom. The maximum absolute atomic E-state index is 10.9. The highest BCUT2D eigenvalue weighted by molar-refractivity contribution is 5.76. The molecule has 0 aromatic rings. The largest absolute Gasteiger partial charge is 0.464 e. The van der Waals surface area contributed by atoms with E-state index in [0.717, 1.165) is 12.8 Å². The van der Waals surface area contributed by atoms with Crippen molar-refractivity contribution in [2.45, 2.75) is 38.7 Å². The Morgan fingerprint density at radius 1 is 1.50 bits per heavy atom. The molecule has 0 N–H and O–H groups in total. The number of ether oxygens (including phenoxy) is 2. The van der Waals surface area contributed by atoms with Gasteiger partial charge in [-0.1, -0.05) is 26.2 Å². The summed E-state index contributed by atoms with van der Waals surface area (Å²) in [6, 6.07) is 0. The van der Waals surface area contributed by atoms with Gasteiger partial charge >= 0.3 is 5.97 Å². The number of rotatable bonds is 6. The minimum atomic E-state index is -0.240. The number of epoxide rings is 1. The summed E-state index contributed by atoms with van der Waals surface area (Å²) in [6.45, 7) is 3.26. The summed E-state index contributed by atoms with van der Waals surface area (Å²) >= 11 is 0. The first-order chi connectivity index (χ1) is 5.84. The molecule has 0 aromatic carbocycles. The number of hydrogen-bond acceptors (Lipinski definition) is 3. The van der Waals surface area contributed by atoms with Crippen LogP contribution in [-0.2, 0) is 14.3 Å². The van der Waals surface area contributed by atoms with Crippen LogP contribution in [0.5, 0.6) is 0 Å². The smallest absolute Gasteiger partial charge is 0.337 e. The number of hydrogen-bond donors (Lipinski definition) is 0. The minimum Gasteiger partial charge on any atom is -0.464 e. The molecule has 1 saturated heterocycles. The van der Waals surface area contributed by atoms with E-state index in [1.807, 2.05) is 0 Å². The molecule has 3 heteroatoms. The van der Waals surface area contributed by atoms with E-state index in [4.69, 9.17) is 9.47 Å². The van der Waals surface area contributed by atoms with Gasteiger partial charge in [-0.2, -0.15) is 0 Å². The lowest BCUT2D eigenvalue weighted by Crippen LogP contribution is -2.12. The van der Waals surface area contributed by atoms with E-state index in [2.05, 4.69) is 6.92 Å². The van der Waals surface area contributed by atoms with Crippen LogP contribution in [0.2, 0.25) is 0 Å². The SMILES string of the molecule is CCCCCCOC(=O)C1CO1. The molecule has 1 unspecified atom stereocenters. The lowest BCUT2D eigenvalue weighted by Gasteiger charge is -2.01. The van der Waals surface area contributed by atoms with E-state index in [9.17, 15) is 4.79 Å². The molecule has 0 spiro atoms. The van der Waals surface area contributed by atoms with Gasteiger partial charge in [-0.25, -0.2) is 4.79 Å². The van der Waals surface area contributed by atoms with Gasteiger partial charge in [0.05, 0.1) is 13.2 Å². The number of esters is 1. The average Bonchev–Trinajstić information content (AvgIpc) is 2.86. The minimum absolute atomic E-state index is 0.188. The Hall–Kier alpha value is -0.570. The quantitative estimate of drug-likeness (QED) is 0.346. The first-order valence-corrected chi connectivity index (χ1v) is 4.63. The van der Waals surface area contributed by atoms with Crippen molar-refractivity contribution in [3.05, 3.63) is 0 Å². The van der Waals surface area contributed by atoms with Crippen molar-refractivity contribution in [1.29, 1.82) is 0 Å². The Bertz CT molecular complexity index is 141. The molecule has 1 aliphatic rings. The van der Waals surface area contributed by atoms with Gasteiger partial charge in [0.1, 0.15) is 0 Å². The van der Waals surface area contributed by atoms with Crippen LogP contribution >= 0.6 is 0 Å². The topological polar surface area (TPSA) is 38.8 Å². The molecule has 0 saturated carbocycles. The molecule has 0 amide bonds. The maximum Gasteiger partial charge on any atom is 0.337 e. The second kappa shape index (κ2) is 5.14. The van der Waals surface area contributed by atoms with Crippen LogP contribution in [0.15, 0.2) is 0 Å². The molecule has 1 atom stereocenters. The first-order valence-electron chi connectivity index (χ1n) is 4.63. The van der Waals surface area contributed by atoms with Gasteiger partial charge in [0.15, 0.2) is 6.10 Å². The molecule has 0 radical (unpaired) electrons. The van der Waals surface area contributed by atoms with E-state index < -0.39 is 0 Å². The van der Waals surface area contributed by atoms with Gasteiger partial charge in [0.2, 0.25) is 0 Å². The van der Waals surface area contributed by atoms with Crippen LogP contribution in [0.1, 0.15) is 32.6 Å². The molecule has 70 valence electrons. The summed E-state index contributed by atoms with van der Waals surface area (Å²) in [5.74, 6) is -0.188. The molecule has 1 fully saturated rings. The van der Waals surface area contributed by atoms with Gasteiger partial charge in [-0.05, 0) is 6.42 Å². The maximum atomic E-state index is 10.9. The first kappa shape index (κ1) is 9.52. The second-order valence-electron chi connectivity index (χ2n) is 3.05. The zero-order valence-electron chi connectivity index (χ0n) is 7.54. The fourth-order valence-electron chi connectivity index (χ4n) is 0.979. The van der Waals surface area contributed by atoms with Gasteiger partial charge in [-0.3, -0.25) is 0 Å². The monoisotopic (exact) mass is 172 g/mol. The Labute approximate surface area is 73.0 Å². The predicted octanol–water partition coefficient (Wildman–Crippen LogP) is 1.51. The second-order valence-corrected chi connectivity index (χ2v) is 3.05. The molecule has 1 heterocycles. The number of carbonyl (C=O) groups excluding carboxylic acids is 1.